The van der Waals surface area contributed by atoms with Crippen LogP contribution in [0.3, 0.4) is 0 Å². The number of ether oxygens (including phenoxy) is 1. The maximum absolute atomic E-state index is 5.97. The molecule has 22 heavy (non-hydrogen) atoms. The second kappa shape index (κ2) is 7.82. The lowest BCUT2D eigenvalue weighted by Crippen LogP contribution is -2.28. The molecule has 2 aromatic rings. The summed E-state index contributed by atoms with van der Waals surface area (Å²) < 4.78 is 11.2. The second-order valence-electron chi connectivity index (χ2n) is 4.45. The fraction of sp³-hybridized carbons (Fsp3) is 0.200. The SMILES string of the molecule is CNC(=S)NN=Cc1ccc(COc2ccc(Cl)c(C)c2)o1. The summed E-state index contributed by atoms with van der Waals surface area (Å²) in [5.74, 6) is 2.05. The Labute approximate surface area is 139 Å². The molecule has 5 nitrogen and oxygen atoms in total. The molecule has 7 heteroatoms. The minimum atomic E-state index is 0.331. The highest BCUT2D eigenvalue weighted by atomic mass is 35.5. The van der Waals surface area contributed by atoms with Crippen molar-refractivity contribution in [1.29, 1.82) is 0 Å². The minimum absolute atomic E-state index is 0.331. The van der Waals surface area contributed by atoms with Crippen molar-refractivity contribution in [2.24, 2.45) is 5.10 Å². The van der Waals surface area contributed by atoms with Crippen LogP contribution in [-0.4, -0.2) is 18.4 Å². The van der Waals surface area contributed by atoms with Crippen LogP contribution in [0.25, 0.3) is 0 Å². The Morgan fingerprint density at radius 3 is 2.95 bits per heavy atom. The van der Waals surface area contributed by atoms with Crippen LogP contribution in [0.15, 0.2) is 39.9 Å². The van der Waals surface area contributed by atoms with E-state index in [0.717, 1.165) is 16.3 Å². The van der Waals surface area contributed by atoms with E-state index < -0.39 is 0 Å². The number of thiocarbonyl (C=S) groups is 1. The van der Waals surface area contributed by atoms with Gasteiger partial charge in [-0.1, -0.05) is 11.6 Å². The molecule has 116 valence electrons. The van der Waals surface area contributed by atoms with E-state index in [2.05, 4.69) is 15.8 Å². The third-order valence-electron chi connectivity index (χ3n) is 2.78. The van der Waals surface area contributed by atoms with Gasteiger partial charge in [-0.25, -0.2) is 0 Å². The molecule has 0 bridgehead atoms. The van der Waals surface area contributed by atoms with Crippen molar-refractivity contribution in [3.8, 4) is 5.75 Å². The molecule has 0 saturated heterocycles. The van der Waals surface area contributed by atoms with Crippen molar-refractivity contribution in [3.05, 3.63) is 52.4 Å². The molecular weight excluding hydrogens is 322 g/mol. The topological polar surface area (TPSA) is 58.8 Å². The van der Waals surface area contributed by atoms with Gasteiger partial charge in [0.1, 0.15) is 23.9 Å². The zero-order valence-electron chi connectivity index (χ0n) is 12.2. The van der Waals surface area contributed by atoms with Crippen molar-refractivity contribution in [2.75, 3.05) is 7.05 Å². The molecule has 2 rings (SSSR count). The van der Waals surface area contributed by atoms with Crippen LogP contribution in [0, 0.1) is 6.92 Å². The number of furan rings is 1. The summed E-state index contributed by atoms with van der Waals surface area (Å²) in [7, 11) is 1.71. The summed E-state index contributed by atoms with van der Waals surface area (Å²) in [6, 6.07) is 9.15. The fourth-order valence-corrected chi connectivity index (χ4v) is 1.78. The molecule has 0 unspecified atom stereocenters. The smallest absolute Gasteiger partial charge is 0.186 e. The van der Waals surface area contributed by atoms with Gasteiger partial charge in [-0.2, -0.15) is 5.10 Å². The van der Waals surface area contributed by atoms with E-state index in [0.29, 0.717) is 23.2 Å². The number of halogens is 1. The molecule has 1 aromatic heterocycles. The van der Waals surface area contributed by atoms with E-state index in [-0.39, 0.29) is 0 Å². The zero-order valence-corrected chi connectivity index (χ0v) is 13.8. The van der Waals surface area contributed by atoms with Crippen LogP contribution in [0.4, 0.5) is 0 Å². The van der Waals surface area contributed by atoms with E-state index in [9.17, 15) is 0 Å². The van der Waals surface area contributed by atoms with Gasteiger partial charge in [0.15, 0.2) is 5.11 Å². The maximum atomic E-state index is 5.97. The van der Waals surface area contributed by atoms with Crippen LogP contribution in [0.2, 0.25) is 5.02 Å². The van der Waals surface area contributed by atoms with Crippen molar-refractivity contribution in [2.45, 2.75) is 13.5 Å². The van der Waals surface area contributed by atoms with Crippen molar-refractivity contribution in [1.82, 2.24) is 10.7 Å². The highest BCUT2D eigenvalue weighted by Gasteiger charge is 2.03. The quantitative estimate of drug-likeness (QED) is 0.498. The van der Waals surface area contributed by atoms with Crippen LogP contribution in [0.1, 0.15) is 17.1 Å². The Bertz CT molecular complexity index is 685. The first-order valence-corrected chi connectivity index (χ1v) is 7.35. The van der Waals surface area contributed by atoms with Crippen molar-refractivity contribution in [3.63, 3.8) is 0 Å². The number of hydrogen-bond acceptors (Lipinski definition) is 4. The molecule has 0 atom stereocenters. The summed E-state index contributed by atoms with van der Waals surface area (Å²) in [5.41, 5.74) is 3.62. The molecule has 0 spiro atoms. The highest BCUT2D eigenvalue weighted by molar-refractivity contribution is 7.80. The molecule has 0 aliphatic carbocycles. The van der Waals surface area contributed by atoms with Gasteiger partial charge in [0.05, 0.1) is 6.21 Å². The summed E-state index contributed by atoms with van der Waals surface area (Å²) in [5, 5.41) is 7.84. The molecule has 0 amide bonds. The monoisotopic (exact) mass is 337 g/mol. The predicted octanol–water partition coefficient (Wildman–Crippen LogP) is 3.25. The van der Waals surface area contributed by atoms with Crippen LogP contribution in [-0.2, 0) is 6.61 Å². The van der Waals surface area contributed by atoms with Gasteiger partial charge in [0.25, 0.3) is 0 Å². The van der Waals surface area contributed by atoms with E-state index in [1.54, 1.807) is 19.3 Å². The average molecular weight is 338 g/mol. The summed E-state index contributed by atoms with van der Waals surface area (Å²) in [6.45, 7) is 2.26. The average Bonchev–Trinajstić information content (AvgIpc) is 2.96. The number of hydrazone groups is 1. The maximum Gasteiger partial charge on any atom is 0.186 e. The van der Waals surface area contributed by atoms with Gasteiger partial charge in [-0.15, -0.1) is 0 Å². The fourth-order valence-electron chi connectivity index (χ4n) is 1.61. The third kappa shape index (κ3) is 4.75. The van der Waals surface area contributed by atoms with Gasteiger partial charge in [-0.3, -0.25) is 5.43 Å². The Morgan fingerprint density at radius 1 is 1.41 bits per heavy atom. The molecule has 1 heterocycles. The first-order chi connectivity index (χ1) is 10.6. The Balaban J connectivity index is 1.89. The van der Waals surface area contributed by atoms with Gasteiger partial charge in [-0.05, 0) is 55.0 Å². The van der Waals surface area contributed by atoms with Crippen LogP contribution < -0.4 is 15.5 Å². The van der Waals surface area contributed by atoms with Gasteiger partial charge in [0, 0.05) is 12.1 Å². The Hall–Kier alpha value is -2.05. The summed E-state index contributed by atoms with van der Waals surface area (Å²) >= 11 is 10.9. The number of rotatable bonds is 5. The number of nitrogens with one attached hydrogen (secondary N) is 2. The lowest BCUT2D eigenvalue weighted by molar-refractivity contribution is 0.269. The molecule has 0 fully saturated rings. The van der Waals surface area contributed by atoms with Crippen LogP contribution >= 0.6 is 23.8 Å². The lowest BCUT2D eigenvalue weighted by Gasteiger charge is -2.05. The molecule has 0 aliphatic rings. The first-order valence-electron chi connectivity index (χ1n) is 6.57. The van der Waals surface area contributed by atoms with E-state index in [4.69, 9.17) is 33.0 Å². The van der Waals surface area contributed by atoms with Crippen molar-refractivity contribution >= 4 is 35.1 Å². The third-order valence-corrected chi connectivity index (χ3v) is 3.50. The standard InChI is InChI=1S/C15H16ClN3O2S/c1-10-7-11(5-6-14(10)16)20-9-13-4-3-12(21-13)8-18-19-15(22)17-2/h3-8H,9H2,1-2H3,(H2,17,19,22). The summed E-state index contributed by atoms with van der Waals surface area (Å²) in [4.78, 5) is 0. The molecule has 2 N–H and O–H groups in total. The minimum Gasteiger partial charge on any atom is -0.486 e. The zero-order chi connectivity index (χ0) is 15.9. The molecule has 0 saturated carbocycles. The highest BCUT2D eigenvalue weighted by Crippen LogP contribution is 2.22. The largest absolute Gasteiger partial charge is 0.486 e. The van der Waals surface area contributed by atoms with Gasteiger partial charge >= 0.3 is 0 Å². The molecule has 1 aromatic carbocycles. The second-order valence-corrected chi connectivity index (χ2v) is 5.27. The van der Waals surface area contributed by atoms with E-state index in [1.165, 1.54) is 0 Å². The first kappa shape index (κ1) is 16.3. The Morgan fingerprint density at radius 2 is 2.23 bits per heavy atom. The Kier molecular flexibility index (Phi) is 5.80. The molecule has 0 radical (unpaired) electrons. The van der Waals surface area contributed by atoms with Crippen molar-refractivity contribution < 1.29 is 9.15 Å². The molecule has 0 aliphatic heterocycles. The number of aryl methyl sites for hydroxylation is 1. The van der Waals surface area contributed by atoms with E-state index >= 15 is 0 Å². The molecular formula is C15H16ClN3O2S. The number of benzene rings is 1. The predicted molar refractivity (Wildman–Crippen MR) is 91.6 cm³/mol. The van der Waals surface area contributed by atoms with Gasteiger partial charge < -0.3 is 14.5 Å². The normalized spacial score (nSPS) is 10.7. The lowest BCUT2D eigenvalue weighted by atomic mass is 10.2. The van der Waals surface area contributed by atoms with Gasteiger partial charge in [0.2, 0.25) is 0 Å². The van der Waals surface area contributed by atoms with Crippen LogP contribution in [0.5, 0.6) is 5.75 Å². The number of nitrogens with zero attached hydrogens (tertiary/aromatic N) is 1. The number of hydrogen-bond donors (Lipinski definition) is 2. The summed E-state index contributed by atoms with van der Waals surface area (Å²) in [6.07, 6.45) is 1.54. The van der Waals surface area contributed by atoms with E-state index in [1.807, 2.05) is 31.2 Å².